The van der Waals surface area contributed by atoms with Gasteiger partial charge in [-0.25, -0.2) is 0 Å². The maximum Gasteiger partial charge on any atom is 0.241 e. The Hall–Kier alpha value is -1.93. The van der Waals surface area contributed by atoms with Crippen molar-refractivity contribution in [1.82, 2.24) is 20.4 Å². The molecule has 1 aromatic rings. The van der Waals surface area contributed by atoms with E-state index in [2.05, 4.69) is 21.0 Å². The van der Waals surface area contributed by atoms with Crippen molar-refractivity contribution in [3.8, 4) is 0 Å². The van der Waals surface area contributed by atoms with Crippen LogP contribution in [-0.2, 0) is 20.9 Å². The maximum atomic E-state index is 12.0. The molecule has 3 N–H and O–H groups in total. The first-order valence-electron chi connectivity index (χ1n) is 8.46. The Bertz CT molecular complexity index is 526. The summed E-state index contributed by atoms with van der Waals surface area (Å²) in [6.45, 7) is 3.16. The molecule has 0 bridgehead atoms. The fourth-order valence-corrected chi connectivity index (χ4v) is 2.74. The third kappa shape index (κ3) is 6.67. The molecule has 2 rings (SSSR count). The van der Waals surface area contributed by atoms with E-state index >= 15 is 0 Å². The Morgan fingerprint density at radius 3 is 2.92 bits per heavy atom. The van der Waals surface area contributed by atoms with Gasteiger partial charge in [-0.2, -0.15) is 5.10 Å². The molecular formula is C16H27N5O3. The number of hydrogen-bond donors (Lipinski definition) is 3. The lowest BCUT2D eigenvalue weighted by molar-refractivity contribution is -0.122. The number of nitrogens with zero attached hydrogens (tertiary/aromatic N) is 2. The Labute approximate surface area is 142 Å². The highest BCUT2D eigenvalue weighted by atomic mass is 16.5. The molecule has 0 aromatic carbocycles. The van der Waals surface area contributed by atoms with Crippen molar-refractivity contribution in [2.75, 3.05) is 38.7 Å². The van der Waals surface area contributed by atoms with Crippen molar-refractivity contribution in [2.45, 2.75) is 32.2 Å². The lowest BCUT2D eigenvalue weighted by Crippen LogP contribution is -2.30. The van der Waals surface area contributed by atoms with Crippen molar-refractivity contribution < 1.29 is 14.3 Å². The fraction of sp³-hybridized carbons (Fsp3) is 0.688. The predicted octanol–water partition coefficient (Wildman–Crippen LogP) is 0.364. The summed E-state index contributed by atoms with van der Waals surface area (Å²) in [4.78, 5) is 23.7. The molecule has 0 atom stereocenters. The lowest BCUT2D eigenvalue weighted by atomic mass is 9.93. The van der Waals surface area contributed by atoms with E-state index in [0.29, 0.717) is 31.2 Å². The van der Waals surface area contributed by atoms with E-state index in [-0.39, 0.29) is 18.4 Å². The van der Waals surface area contributed by atoms with Gasteiger partial charge in [-0.15, -0.1) is 0 Å². The van der Waals surface area contributed by atoms with Gasteiger partial charge in [-0.3, -0.25) is 14.3 Å². The third-order valence-corrected chi connectivity index (χ3v) is 4.09. The molecule has 1 aliphatic rings. The van der Waals surface area contributed by atoms with Crippen LogP contribution in [0.2, 0.25) is 0 Å². The van der Waals surface area contributed by atoms with E-state index < -0.39 is 0 Å². The fourth-order valence-electron chi connectivity index (χ4n) is 2.74. The minimum absolute atomic E-state index is 0.00220. The molecule has 0 radical (unpaired) electrons. The maximum absolute atomic E-state index is 12.0. The van der Waals surface area contributed by atoms with Crippen LogP contribution in [0.15, 0.2) is 12.4 Å². The summed E-state index contributed by atoms with van der Waals surface area (Å²) in [6, 6.07) is 0. The number of rotatable bonds is 9. The van der Waals surface area contributed by atoms with Gasteiger partial charge in [0.05, 0.1) is 18.5 Å². The van der Waals surface area contributed by atoms with Crippen LogP contribution in [0.3, 0.4) is 0 Å². The number of piperidine rings is 1. The summed E-state index contributed by atoms with van der Waals surface area (Å²) in [6.07, 6.45) is 6.95. The Morgan fingerprint density at radius 2 is 2.17 bits per heavy atom. The summed E-state index contributed by atoms with van der Waals surface area (Å²) >= 11 is 0. The van der Waals surface area contributed by atoms with Gasteiger partial charge in [0.2, 0.25) is 11.8 Å². The quantitative estimate of drug-likeness (QED) is 0.566. The van der Waals surface area contributed by atoms with E-state index in [1.807, 2.05) is 0 Å². The normalized spacial score (nSPS) is 15.2. The molecule has 2 amide bonds. The van der Waals surface area contributed by atoms with Crippen molar-refractivity contribution in [2.24, 2.45) is 5.92 Å². The number of amides is 2. The van der Waals surface area contributed by atoms with Gasteiger partial charge < -0.3 is 20.7 Å². The molecule has 0 aliphatic carbocycles. The average Bonchev–Trinajstić information content (AvgIpc) is 3.01. The van der Waals surface area contributed by atoms with Gasteiger partial charge in [0.25, 0.3) is 0 Å². The van der Waals surface area contributed by atoms with Crippen LogP contribution in [0.1, 0.15) is 25.7 Å². The molecule has 1 aliphatic heterocycles. The Morgan fingerprint density at radius 1 is 1.38 bits per heavy atom. The summed E-state index contributed by atoms with van der Waals surface area (Å²) in [5.41, 5.74) is 0.620. The van der Waals surface area contributed by atoms with Crippen LogP contribution in [0.4, 0.5) is 5.69 Å². The van der Waals surface area contributed by atoms with Crippen molar-refractivity contribution in [3.05, 3.63) is 12.4 Å². The summed E-state index contributed by atoms with van der Waals surface area (Å²) < 4.78 is 6.37. The minimum Gasteiger partial charge on any atom is -0.383 e. The van der Waals surface area contributed by atoms with E-state index in [9.17, 15) is 9.59 Å². The van der Waals surface area contributed by atoms with Gasteiger partial charge in [0, 0.05) is 26.3 Å². The summed E-state index contributed by atoms with van der Waals surface area (Å²) in [7, 11) is 1.58. The second-order valence-corrected chi connectivity index (χ2v) is 6.05. The van der Waals surface area contributed by atoms with Crippen LogP contribution in [0.5, 0.6) is 0 Å². The first kappa shape index (κ1) is 18.4. The highest BCUT2D eigenvalue weighted by Gasteiger charge is 2.15. The number of anilines is 1. The van der Waals surface area contributed by atoms with Crippen LogP contribution in [-0.4, -0.2) is 54.9 Å². The van der Waals surface area contributed by atoms with E-state index in [4.69, 9.17) is 4.74 Å². The van der Waals surface area contributed by atoms with Crippen LogP contribution in [0.25, 0.3) is 0 Å². The second kappa shape index (κ2) is 10.0. The largest absolute Gasteiger partial charge is 0.383 e. The zero-order valence-electron chi connectivity index (χ0n) is 14.2. The predicted molar refractivity (Wildman–Crippen MR) is 90.6 cm³/mol. The first-order chi connectivity index (χ1) is 11.7. The topological polar surface area (TPSA) is 97.3 Å². The number of hydrogen-bond acceptors (Lipinski definition) is 5. The Kier molecular flexibility index (Phi) is 7.70. The number of ether oxygens (including phenoxy) is 1. The van der Waals surface area contributed by atoms with Gasteiger partial charge >= 0.3 is 0 Å². The third-order valence-electron chi connectivity index (χ3n) is 4.09. The first-order valence-corrected chi connectivity index (χ1v) is 8.46. The molecule has 8 nitrogen and oxygen atoms in total. The number of carbonyl (C=O) groups excluding carboxylic acids is 2. The SMILES string of the molecule is COCCNC(=O)Cn1cc(NC(=O)CCC2CCNCC2)cn1. The van der Waals surface area contributed by atoms with Gasteiger partial charge in [0.15, 0.2) is 0 Å². The molecule has 2 heterocycles. The number of carbonyl (C=O) groups is 2. The lowest BCUT2D eigenvalue weighted by Gasteiger charge is -2.22. The molecule has 24 heavy (non-hydrogen) atoms. The van der Waals surface area contributed by atoms with Crippen molar-refractivity contribution in [1.29, 1.82) is 0 Å². The second-order valence-electron chi connectivity index (χ2n) is 6.05. The van der Waals surface area contributed by atoms with Crippen molar-refractivity contribution >= 4 is 17.5 Å². The molecule has 0 saturated carbocycles. The molecule has 134 valence electrons. The monoisotopic (exact) mass is 337 g/mol. The van der Waals surface area contributed by atoms with Gasteiger partial charge in [0.1, 0.15) is 6.54 Å². The molecule has 1 fully saturated rings. The molecular weight excluding hydrogens is 310 g/mol. The number of aromatic nitrogens is 2. The molecule has 8 heteroatoms. The molecule has 1 aromatic heterocycles. The van der Waals surface area contributed by atoms with Gasteiger partial charge in [-0.05, 0) is 38.3 Å². The van der Waals surface area contributed by atoms with Crippen molar-refractivity contribution in [3.63, 3.8) is 0 Å². The minimum atomic E-state index is -0.140. The molecule has 1 saturated heterocycles. The molecule has 0 unspecified atom stereocenters. The zero-order chi connectivity index (χ0) is 17.2. The number of methoxy groups -OCH3 is 1. The van der Waals surface area contributed by atoms with E-state index in [1.165, 1.54) is 4.68 Å². The average molecular weight is 337 g/mol. The highest BCUT2D eigenvalue weighted by Crippen LogP contribution is 2.18. The van der Waals surface area contributed by atoms with Gasteiger partial charge in [-0.1, -0.05) is 0 Å². The summed E-state index contributed by atoms with van der Waals surface area (Å²) in [5.74, 6) is 0.493. The van der Waals surface area contributed by atoms with Crippen LogP contribution < -0.4 is 16.0 Å². The smallest absolute Gasteiger partial charge is 0.241 e. The molecule has 0 spiro atoms. The standard InChI is InChI=1S/C16H27N5O3/c1-24-9-8-18-16(23)12-21-11-14(10-19-21)20-15(22)3-2-13-4-6-17-7-5-13/h10-11,13,17H,2-9,12H2,1H3,(H,18,23)(H,20,22). The zero-order valence-corrected chi connectivity index (χ0v) is 14.2. The Balaban J connectivity index is 1.68. The number of nitrogens with one attached hydrogen (secondary N) is 3. The van der Waals surface area contributed by atoms with Crippen LogP contribution >= 0.6 is 0 Å². The highest BCUT2D eigenvalue weighted by molar-refractivity contribution is 5.90. The van der Waals surface area contributed by atoms with Crippen LogP contribution in [0, 0.1) is 5.92 Å². The van der Waals surface area contributed by atoms with E-state index in [1.54, 1.807) is 19.5 Å². The van der Waals surface area contributed by atoms with E-state index in [0.717, 1.165) is 32.4 Å². The summed E-state index contributed by atoms with van der Waals surface area (Å²) in [5, 5.41) is 13.0.